The average molecular weight is 481 g/mol. The average Bonchev–Trinajstić information content (AvgIpc) is 3.59. The van der Waals surface area contributed by atoms with E-state index in [1.165, 1.54) is 12.1 Å². The van der Waals surface area contributed by atoms with E-state index < -0.39 is 23.0 Å². The van der Waals surface area contributed by atoms with Crippen molar-refractivity contribution in [2.45, 2.75) is 43.3 Å². The van der Waals surface area contributed by atoms with Gasteiger partial charge >= 0.3 is 0 Å². The van der Waals surface area contributed by atoms with Crippen LogP contribution in [0.4, 0.5) is 10.1 Å². The van der Waals surface area contributed by atoms with E-state index in [4.69, 9.17) is 16.9 Å². The van der Waals surface area contributed by atoms with Gasteiger partial charge in [0.05, 0.1) is 26.8 Å². The van der Waals surface area contributed by atoms with Gasteiger partial charge in [0.25, 0.3) is 11.8 Å². The zero-order valence-corrected chi connectivity index (χ0v) is 17.5. The predicted molar refractivity (Wildman–Crippen MR) is 108 cm³/mol. The van der Waals surface area contributed by atoms with Crippen molar-refractivity contribution in [3.8, 4) is 6.07 Å². The summed E-state index contributed by atoms with van der Waals surface area (Å²) in [4.78, 5) is 25.1. The number of nitriles is 1. The first-order valence-electron chi connectivity index (χ1n) is 9.01. The number of anilines is 1. The highest BCUT2D eigenvalue weighted by atomic mass is 79.9. The fourth-order valence-electron chi connectivity index (χ4n) is 2.89. The molecule has 2 aliphatic carbocycles. The molecule has 2 aromatic rings. The monoisotopic (exact) mass is 479 g/mol. The van der Waals surface area contributed by atoms with Crippen LogP contribution in [0.25, 0.3) is 0 Å². The summed E-state index contributed by atoms with van der Waals surface area (Å²) < 4.78 is 14.4. The molecule has 2 saturated carbocycles. The summed E-state index contributed by atoms with van der Waals surface area (Å²) in [5.74, 6) is -0.975. The smallest absolute Gasteiger partial charge is 0.274 e. The second-order valence-corrected chi connectivity index (χ2v) is 8.68. The number of hydrogen-bond acceptors (Lipinski definition) is 4. The van der Waals surface area contributed by atoms with Gasteiger partial charge in [-0.3, -0.25) is 14.7 Å². The number of alkyl halides is 1. The minimum Gasteiger partial charge on any atom is -0.334 e. The fourth-order valence-corrected chi connectivity index (χ4v) is 3.59. The van der Waals surface area contributed by atoms with Gasteiger partial charge in [-0.2, -0.15) is 10.4 Å². The van der Waals surface area contributed by atoms with Crippen LogP contribution in [0.2, 0.25) is 5.02 Å². The first-order valence-corrected chi connectivity index (χ1v) is 10.2. The molecule has 0 radical (unpaired) electrons. The van der Waals surface area contributed by atoms with E-state index in [2.05, 4.69) is 42.8 Å². The highest BCUT2D eigenvalue weighted by molar-refractivity contribution is 9.10. The predicted octanol–water partition coefficient (Wildman–Crippen LogP) is 3.91. The van der Waals surface area contributed by atoms with Crippen LogP contribution in [0.3, 0.4) is 0 Å². The van der Waals surface area contributed by atoms with Gasteiger partial charge in [-0.05, 0) is 59.8 Å². The maximum Gasteiger partial charge on any atom is 0.274 e. The number of halogens is 3. The Labute approximate surface area is 179 Å². The van der Waals surface area contributed by atoms with Crippen molar-refractivity contribution in [3.05, 3.63) is 44.6 Å². The molecule has 0 unspecified atom stereocenters. The first-order chi connectivity index (χ1) is 13.7. The lowest BCUT2D eigenvalue weighted by Gasteiger charge is -2.12. The Morgan fingerprint density at radius 2 is 2.03 bits per heavy atom. The molecule has 0 spiro atoms. The molecule has 1 heterocycles. The third-order valence-corrected chi connectivity index (χ3v) is 6.25. The minimum absolute atomic E-state index is 0.142. The quantitative estimate of drug-likeness (QED) is 0.582. The Hall–Kier alpha value is -2.44. The number of carbonyl (C=O) groups is 2. The maximum absolute atomic E-state index is 14.0. The lowest BCUT2D eigenvalue weighted by atomic mass is 10.1. The molecule has 4 rings (SSSR count). The van der Waals surface area contributed by atoms with Crippen LogP contribution in [0.1, 0.15) is 52.2 Å². The standard InChI is InChI=1S/C19H16BrClFN5O2/c20-14-13(8-18(22)3-4-18)26-27-15(14)17(29)24-10-1-2-12(21)11(7-10)16(28)25-19(9-23)5-6-19/h1-2,7H,3-6,8H2,(H,24,29)(H,25,28)(H,26,27). The number of amides is 2. The van der Waals surface area contributed by atoms with E-state index in [0.717, 1.165) is 0 Å². The number of aromatic amines is 1. The van der Waals surface area contributed by atoms with E-state index in [1.54, 1.807) is 6.07 Å². The van der Waals surface area contributed by atoms with Crippen molar-refractivity contribution >= 4 is 45.0 Å². The minimum atomic E-state index is -1.23. The highest BCUT2D eigenvalue weighted by Crippen LogP contribution is 2.43. The summed E-state index contributed by atoms with van der Waals surface area (Å²) >= 11 is 9.42. The molecule has 1 aromatic carbocycles. The topological polar surface area (TPSA) is 111 Å². The van der Waals surface area contributed by atoms with E-state index in [0.29, 0.717) is 41.5 Å². The Balaban J connectivity index is 1.49. The second kappa shape index (κ2) is 7.11. The molecule has 2 fully saturated rings. The van der Waals surface area contributed by atoms with Gasteiger partial charge in [0.15, 0.2) is 0 Å². The number of aromatic nitrogens is 2. The summed E-state index contributed by atoms with van der Waals surface area (Å²) in [7, 11) is 0. The number of benzene rings is 1. The number of H-pyrrole nitrogens is 1. The third kappa shape index (κ3) is 4.14. The van der Waals surface area contributed by atoms with E-state index in [-0.39, 0.29) is 22.7 Å². The van der Waals surface area contributed by atoms with Crippen molar-refractivity contribution < 1.29 is 14.0 Å². The molecule has 7 nitrogen and oxygen atoms in total. The summed E-state index contributed by atoms with van der Waals surface area (Å²) in [5.41, 5.74) is -0.940. The van der Waals surface area contributed by atoms with Crippen LogP contribution in [-0.2, 0) is 6.42 Å². The van der Waals surface area contributed by atoms with Crippen LogP contribution in [0, 0.1) is 11.3 Å². The second-order valence-electron chi connectivity index (χ2n) is 7.48. The molecule has 10 heteroatoms. The summed E-state index contributed by atoms with van der Waals surface area (Å²) in [5, 5.41) is 21.3. The van der Waals surface area contributed by atoms with Crippen molar-refractivity contribution in [1.29, 1.82) is 5.26 Å². The van der Waals surface area contributed by atoms with Crippen LogP contribution in [0.5, 0.6) is 0 Å². The molecule has 0 saturated heterocycles. The number of hydrogen-bond donors (Lipinski definition) is 3. The van der Waals surface area contributed by atoms with Gasteiger partial charge in [-0.25, -0.2) is 4.39 Å². The van der Waals surface area contributed by atoms with Gasteiger partial charge in [-0.15, -0.1) is 0 Å². The maximum atomic E-state index is 14.0. The van der Waals surface area contributed by atoms with Gasteiger partial charge in [0, 0.05) is 12.1 Å². The molecule has 0 atom stereocenters. The molecule has 29 heavy (non-hydrogen) atoms. The lowest BCUT2D eigenvalue weighted by Crippen LogP contribution is -2.35. The van der Waals surface area contributed by atoms with Crippen molar-refractivity contribution in [1.82, 2.24) is 15.5 Å². The van der Waals surface area contributed by atoms with Gasteiger partial charge in [0.1, 0.15) is 16.9 Å². The number of nitrogens with one attached hydrogen (secondary N) is 3. The van der Waals surface area contributed by atoms with Crippen molar-refractivity contribution in [2.75, 3.05) is 5.32 Å². The molecule has 0 aliphatic heterocycles. The molecule has 1 aromatic heterocycles. The molecule has 3 N–H and O–H groups in total. The van der Waals surface area contributed by atoms with Crippen molar-refractivity contribution in [2.24, 2.45) is 0 Å². The first kappa shape index (κ1) is 19.9. The molecular weight excluding hydrogens is 465 g/mol. The summed E-state index contributed by atoms with van der Waals surface area (Å²) in [6.45, 7) is 0. The molecule has 2 amide bonds. The normalized spacial score (nSPS) is 17.9. The van der Waals surface area contributed by atoms with E-state index in [1.807, 2.05) is 0 Å². The lowest BCUT2D eigenvalue weighted by molar-refractivity contribution is 0.0940. The Morgan fingerprint density at radius 3 is 2.66 bits per heavy atom. The van der Waals surface area contributed by atoms with Crippen LogP contribution in [0.15, 0.2) is 22.7 Å². The zero-order chi connectivity index (χ0) is 20.8. The molecule has 2 aliphatic rings. The van der Waals surface area contributed by atoms with Crippen LogP contribution < -0.4 is 10.6 Å². The summed E-state index contributed by atoms with van der Waals surface area (Å²) in [6, 6.07) is 6.57. The number of nitrogens with zero attached hydrogens (tertiary/aromatic N) is 2. The highest BCUT2D eigenvalue weighted by Gasteiger charge is 2.45. The van der Waals surface area contributed by atoms with Gasteiger partial charge in [0.2, 0.25) is 0 Å². The molecule has 150 valence electrons. The zero-order valence-electron chi connectivity index (χ0n) is 15.1. The SMILES string of the molecule is N#CC1(NC(=O)c2cc(NC(=O)c3[nH]nc(CC4(F)CC4)c3Br)ccc2Cl)CC1. The van der Waals surface area contributed by atoms with E-state index >= 15 is 0 Å². The van der Waals surface area contributed by atoms with Crippen molar-refractivity contribution in [3.63, 3.8) is 0 Å². The van der Waals surface area contributed by atoms with Crippen LogP contribution >= 0.6 is 27.5 Å². The van der Waals surface area contributed by atoms with Gasteiger partial charge in [-0.1, -0.05) is 11.6 Å². The summed E-state index contributed by atoms with van der Waals surface area (Å²) in [6.07, 6.45) is 2.33. The van der Waals surface area contributed by atoms with Crippen LogP contribution in [-0.4, -0.2) is 33.2 Å². The Morgan fingerprint density at radius 1 is 1.31 bits per heavy atom. The molecular formula is C19H16BrClFN5O2. The number of carbonyl (C=O) groups excluding carboxylic acids is 2. The Bertz CT molecular complexity index is 1060. The molecule has 0 bridgehead atoms. The Kier molecular flexibility index (Phi) is 4.87. The number of rotatable bonds is 6. The largest absolute Gasteiger partial charge is 0.334 e. The third-order valence-electron chi connectivity index (χ3n) is 5.07. The van der Waals surface area contributed by atoms with E-state index in [9.17, 15) is 14.0 Å². The fraction of sp³-hybridized carbons (Fsp3) is 0.368. The van der Waals surface area contributed by atoms with Gasteiger partial charge < -0.3 is 10.6 Å².